The first-order chi connectivity index (χ1) is 11.0. The third kappa shape index (κ3) is 4.44. The van der Waals surface area contributed by atoms with Gasteiger partial charge in [-0.3, -0.25) is 0 Å². The molecule has 2 rings (SSSR count). The topological polar surface area (TPSA) is 93.1 Å². The van der Waals surface area contributed by atoms with Crippen molar-refractivity contribution in [2.24, 2.45) is 0 Å². The highest BCUT2D eigenvalue weighted by Crippen LogP contribution is 2.18. The van der Waals surface area contributed by atoms with Crippen LogP contribution in [0.1, 0.15) is 20.7 Å². The highest BCUT2D eigenvalue weighted by molar-refractivity contribution is 5.88. The van der Waals surface area contributed by atoms with Crippen LogP contribution in [0.25, 0.3) is 0 Å². The maximum Gasteiger partial charge on any atom is 0.335 e. The predicted octanol–water partition coefficient (Wildman–Crippen LogP) is 2.68. The summed E-state index contributed by atoms with van der Waals surface area (Å²) in [5.74, 6) is -2.63. The van der Waals surface area contributed by atoms with Crippen LogP contribution in [0.3, 0.4) is 0 Å². The van der Waals surface area contributed by atoms with Gasteiger partial charge in [0.25, 0.3) is 0 Å². The molecule has 120 valence electrons. The summed E-state index contributed by atoms with van der Waals surface area (Å²) >= 11 is 0. The number of benzene rings is 2. The van der Waals surface area contributed by atoms with Crippen LogP contribution in [0.5, 0.6) is 11.5 Å². The molecule has 0 amide bonds. The van der Waals surface area contributed by atoms with Crippen LogP contribution in [0, 0.1) is 5.82 Å². The first-order valence-electron chi connectivity index (χ1n) is 6.59. The highest BCUT2D eigenvalue weighted by Gasteiger charge is 2.09. The normalized spacial score (nSPS) is 10.1. The van der Waals surface area contributed by atoms with Crippen molar-refractivity contribution in [1.82, 2.24) is 0 Å². The van der Waals surface area contributed by atoms with Gasteiger partial charge in [0, 0.05) is 0 Å². The molecule has 0 saturated carbocycles. The molecule has 0 bridgehead atoms. The van der Waals surface area contributed by atoms with Gasteiger partial charge in [-0.1, -0.05) is 0 Å². The first kappa shape index (κ1) is 16.3. The van der Waals surface area contributed by atoms with Gasteiger partial charge in [-0.25, -0.2) is 14.0 Å². The van der Waals surface area contributed by atoms with Crippen molar-refractivity contribution < 1.29 is 33.7 Å². The van der Waals surface area contributed by atoms with Gasteiger partial charge in [-0.15, -0.1) is 0 Å². The third-order valence-corrected chi connectivity index (χ3v) is 2.89. The van der Waals surface area contributed by atoms with Crippen LogP contribution in [-0.2, 0) is 0 Å². The molecule has 0 radical (unpaired) electrons. The van der Waals surface area contributed by atoms with Gasteiger partial charge in [0.1, 0.15) is 19.0 Å². The van der Waals surface area contributed by atoms with Crippen molar-refractivity contribution >= 4 is 11.9 Å². The van der Waals surface area contributed by atoms with Crippen molar-refractivity contribution in [3.05, 3.63) is 59.4 Å². The Bertz CT molecular complexity index is 711. The summed E-state index contributed by atoms with van der Waals surface area (Å²) in [4.78, 5) is 21.4. The maximum absolute atomic E-state index is 13.6. The number of hydrogen-bond acceptors (Lipinski definition) is 4. The number of rotatable bonds is 7. The van der Waals surface area contributed by atoms with Crippen molar-refractivity contribution in [2.75, 3.05) is 13.2 Å². The fourth-order valence-corrected chi connectivity index (χ4v) is 1.76. The monoisotopic (exact) mass is 320 g/mol. The Kier molecular flexibility index (Phi) is 5.14. The average molecular weight is 320 g/mol. The molecule has 0 aliphatic rings. The zero-order valence-electron chi connectivity index (χ0n) is 11.9. The summed E-state index contributed by atoms with van der Waals surface area (Å²) < 4.78 is 24.1. The number of aromatic carboxylic acids is 2. The van der Waals surface area contributed by atoms with Crippen molar-refractivity contribution in [3.8, 4) is 11.5 Å². The van der Waals surface area contributed by atoms with Crippen LogP contribution < -0.4 is 9.47 Å². The molecular formula is C16H13FO6. The fourth-order valence-electron chi connectivity index (χ4n) is 1.76. The molecule has 0 spiro atoms. The quantitative estimate of drug-likeness (QED) is 0.762. The number of carboxylic acid groups (broad SMARTS) is 2. The molecule has 23 heavy (non-hydrogen) atoms. The highest BCUT2D eigenvalue weighted by atomic mass is 19.1. The van der Waals surface area contributed by atoms with E-state index in [2.05, 4.69) is 0 Å². The van der Waals surface area contributed by atoms with Crippen LogP contribution in [0.2, 0.25) is 0 Å². The maximum atomic E-state index is 13.6. The van der Waals surface area contributed by atoms with Crippen molar-refractivity contribution in [1.29, 1.82) is 0 Å². The van der Waals surface area contributed by atoms with E-state index in [1.807, 2.05) is 0 Å². The Labute approximate surface area is 130 Å². The lowest BCUT2D eigenvalue weighted by Crippen LogP contribution is -2.10. The second-order valence-electron chi connectivity index (χ2n) is 4.48. The summed E-state index contributed by atoms with van der Waals surface area (Å²) in [6.45, 7) is 0.163. The van der Waals surface area contributed by atoms with Gasteiger partial charge in [-0.05, 0) is 42.5 Å². The summed E-state index contributed by atoms with van der Waals surface area (Å²) in [5, 5.41) is 17.5. The van der Waals surface area contributed by atoms with Gasteiger partial charge in [0.15, 0.2) is 11.6 Å². The Morgan fingerprint density at radius 3 is 2.00 bits per heavy atom. The fraction of sp³-hybridized carbons (Fsp3) is 0.125. The summed E-state index contributed by atoms with van der Waals surface area (Å²) in [6.07, 6.45) is 0. The number of halogens is 1. The molecule has 0 heterocycles. The lowest BCUT2D eigenvalue weighted by molar-refractivity contribution is 0.0685. The molecule has 2 aromatic rings. The molecule has 0 aromatic heterocycles. The van der Waals surface area contributed by atoms with E-state index >= 15 is 0 Å². The van der Waals surface area contributed by atoms with Crippen LogP contribution in [0.4, 0.5) is 4.39 Å². The van der Waals surface area contributed by atoms with E-state index < -0.39 is 17.8 Å². The largest absolute Gasteiger partial charge is 0.490 e. The summed E-state index contributed by atoms with van der Waals surface area (Å²) in [6, 6.07) is 9.18. The first-order valence-corrected chi connectivity index (χ1v) is 6.59. The average Bonchev–Trinajstić information content (AvgIpc) is 2.53. The number of carbonyl (C=O) groups is 2. The molecule has 6 nitrogen and oxygen atoms in total. The van der Waals surface area contributed by atoms with Crippen LogP contribution >= 0.6 is 0 Å². The SMILES string of the molecule is O=C(O)c1ccc(OCCOc2ccc(C(=O)O)cc2F)cc1. The lowest BCUT2D eigenvalue weighted by atomic mass is 10.2. The van der Waals surface area contributed by atoms with E-state index in [0.29, 0.717) is 5.75 Å². The molecule has 2 N–H and O–H groups in total. The Balaban J connectivity index is 1.83. The van der Waals surface area contributed by atoms with Gasteiger partial charge < -0.3 is 19.7 Å². The predicted molar refractivity (Wildman–Crippen MR) is 77.8 cm³/mol. The summed E-state index contributed by atoms with van der Waals surface area (Å²) in [5.41, 5.74) is -0.0150. The molecule has 2 aromatic carbocycles. The minimum atomic E-state index is -1.22. The van der Waals surface area contributed by atoms with Crippen LogP contribution in [0.15, 0.2) is 42.5 Å². The summed E-state index contributed by atoms with van der Waals surface area (Å²) in [7, 11) is 0. The van der Waals surface area contributed by atoms with Crippen LogP contribution in [-0.4, -0.2) is 35.4 Å². The lowest BCUT2D eigenvalue weighted by Gasteiger charge is -2.09. The van der Waals surface area contributed by atoms with Gasteiger partial charge >= 0.3 is 11.9 Å². The molecule has 0 fully saturated rings. The molecule has 7 heteroatoms. The molecule has 0 aliphatic heterocycles. The zero-order valence-corrected chi connectivity index (χ0v) is 11.9. The number of hydrogen-bond donors (Lipinski definition) is 2. The van der Waals surface area contributed by atoms with Gasteiger partial charge in [0.2, 0.25) is 0 Å². The molecule has 0 unspecified atom stereocenters. The van der Waals surface area contributed by atoms with E-state index in [1.54, 1.807) is 0 Å². The number of ether oxygens (including phenoxy) is 2. The van der Waals surface area contributed by atoms with Gasteiger partial charge in [0.05, 0.1) is 11.1 Å². The van der Waals surface area contributed by atoms with E-state index in [4.69, 9.17) is 19.7 Å². The number of carboxylic acids is 2. The zero-order chi connectivity index (χ0) is 16.8. The molecular weight excluding hydrogens is 307 g/mol. The smallest absolute Gasteiger partial charge is 0.335 e. The van der Waals surface area contributed by atoms with E-state index in [1.165, 1.54) is 36.4 Å². The van der Waals surface area contributed by atoms with Crippen molar-refractivity contribution in [3.63, 3.8) is 0 Å². The Morgan fingerprint density at radius 1 is 0.870 bits per heavy atom. The molecule has 0 aliphatic carbocycles. The standard InChI is InChI=1S/C16H13FO6/c17-13-9-11(16(20)21)3-6-14(13)23-8-7-22-12-4-1-10(2-5-12)15(18)19/h1-6,9H,7-8H2,(H,18,19)(H,20,21). The minimum absolute atomic E-state index is 0.0457. The minimum Gasteiger partial charge on any atom is -0.490 e. The second kappa shape index (κ2) is 7.26. The van der Waals surface area contributed by atoms with Gasteiger partial charge in [-0.2, -0.15) is 0 Å². The second-order valence-corrected chi connectivity index (χ2v) is 4.48. The van der Waals surface area contributed by atoms with Crippen molar-refractivity contribution in [2.45, 2.75) is 0 Å². The Hall–Kier alpha value is -3.09. The molecule has 0 atom stereocenters. The molecule has 0 saturated heterocycles. The van der Waals surface area contributed by atoms with E-state index in [-0.39, 0.29) is 30.1 Å². The third-order valence-electron chi connectivity index (χ3n) is 2.89. The van der Waals surface area contributed by atoms with E-state index in [0.717, 1.165) is 6.07 Å². The van der Waals surface area contributed by atoms with E-state index in [9.17, 15) is 14.0 Å². The Morgan fingerprint density at radius 2 is 1.43 bits per heavy atom.